The van der Waals surface area contributed by atoms with Crippen LogP contribution in [-0.2, 0) is 9.59 Å². The molecule has 8 heteroatoms. The lowest BCUT2D eigenvalue weighted by molar-refractivity contribution is -0.120. The topological polar surface area (TPSA) is 58.6 Å². The van der Waals surface area contributed by atoms with Crippen LogP contribution < -0.4 is 15.0 Å². The summed E-state index contributed by atoms with van der Waals surface area (Å²) in [6.07, 6.45) is 0. The van der Waals surface area contributed by atoms with E-state index in [9.17, 15) is 18.4 Å². The number of aryl methyl sites for hydroxylation is 2. The molecule has 3 aromatic carbocycles. The number of hydrogen-bond acceptors (Lipinski definition) is 4. The summed E-state index contributed by atoms with van der Waals surface area (Å²) in [6.45, 7) is 3.71. The van der Waals surface area contributed by atoms with Crippen LogP contribution in [0.25, 0.3) is 5.57 Å². The summed E-state index contributed by atoms with van der Waals surface area (Å²) < 4.78 is 33.6. The lowest BCUT2D eigenvalue weighted by atomic mass is 9.97. The Morgan fingerprint density at radius 1 is 0.939 bits per heavy atom. The predicted molar refractivity (Wildman–Crippen MR) is 123 cm³/mol. The number of methoxy groups -OCH3 is 1. The van der Waals surface area contributed by atoms with Crippen LogP contribution >= 0.6 is 11.6 Å². The van der Waals surface area contributed by atoms with Gasteiger partial charge in [-0.25, -0.2) is 13.7 Å². The molecule has 0 radical (unpaired) electrons. The van der Waals surface area contributed by atoms with Crippen molar-refractivity contribution in [3.8, 4) is 5.75 Å². The van der Waals surface area contributed by atoms with Crippen molar-refractivity contribution in [1.82, 2.24) is 0 Å². The summed E-state index contributed by atoms with van der Waals surface area (Å²) in [4.78, 5) is 27.5. The Kier molecular flexibility index (Phi) is 5.91. The number of carbonyl (C=O) groups is 2. The molecule has 0 aromatic heterocycles. The highest BCUT2D eigenvalue weighted by atomic mass is 35.5. The van der Waals surface area contributed by atoms with E-state index in [1.54, 1.807) is 31.2 Å². The molecular weight excluding hydrogens is 450 g/mol. The Bertz CT molecular complexity index is 1340. The van der Waals surface area contributed by atoms with Gasteiger partial charge in [-0.2, -0.15) is 0 Å². The number of anilines is 2. The molecule has 168 valence electrons. The minimum Gasteiger partial charge on any atom is -0.495 e. The van der Waals surface area contributed by atoms with Crippen molar-refractivity contribution in [2.24, 2.45) is 0 Å². The number of hydrogen-bond donors (Lipinski definition) is 1. The van der Waals surface area contributed by atoms with Gasteiger partial charge in [0.05, 0.1) is 23.4 Å². The highest BCUT2D eigenvalue weighted by Crippen LogP contribution is 2.37. The number of carbonyl (C=O) groups excluding carboxylic acids is 2. The molecule has 33 heavy (non-hydrogen) atoms. The maximum atomic E-state index is 14.5. The SMILES string of the molecule is COc1ccc(NC2=C(c3ccc(C)cc3C)C(=O)N(c3cc(F)ccc3F)C2=O)cc1Cl. The number of imide groups is 1. The number of nitrogens with one attached hydrogen (secondary N) is 1. The molecule has 4 rings (SSSR count). The molecule has 1 aliphatic rings. The van der Waals surface area contributed by atoms with Crippen molar-refractivity contribution in [3.05, 3.63) is 93.6 Å². The summed E-state index contributed by atoms with van der Waals surface area (Å²) in [5.74, 6) is -2.82. The Hall–Kier alpha value is -3.71. The largest absolute Gasteiger partial charge is 0.495 e. The van der Waals surface area contributed by atoms with E-state index in [1.807, 2.05) is 13.0 Å². The van der Waals surface area contributed by atoms with Crippen LogP contribution in [0.5, 0.6) is 5.75 Å². The number of halogens is 3. The Morgan fingerprint density at radius 2 is 1.70 bits per heavy atom. The second kappa shape index (κ2) is 8.67. The summed E-state index contributed by atoms with van der Waals surface area (Å²) in [7, 11) is 1.47. The summed E-state index contributed by atoms with van der Waals surface area (Å²) in [5.41, 5.74) is 2.15. The van der Waals surface area contributed by atoms with Crippen molar-refractivity contribution in [1.29, 1.82) is 0 Å². The minimum atomic E-state index is -0.896. The van der Waals surface area contributed by atoms with Gasteiger partial charge >= 0.3 is 0 Å². The quantitative estimate of drug-likeness (QED) is 0.492. The van der Waals surface area contributed by atoms with Gasteiger partial charge in [0.2, 0.25) is 0 Å². The van der Waals surface area contributed by atoms with E-state index in [0.29, 0.717) is 26.9 Å². The van der Waals surface area contributed by atoms with E-state index in [4.69, 9.17) is 16.3 Å². The summed E-state index contributed by atoms with van der Waals surface area (Å²) >= 11 is 6.20. The highest BCUT2D eigenvalue weighted by molar-refractivity contribution is 6.46. The third-order valence-corrected chi connectivity index (χ3v) is 5.60. The first-order valence-corrected chi connectivity index (χ1v) is 10.4. The van der Waals surface area contributed by atoms with Gasteiger partial charge in [0.25, 0.3) is 11.8 Å². The minimum absolute atomic E-state index is 0.0492. The monoisotopic (exact) mass is 468 g/mol. The van der Waals surface area contributed by atoms with Gasteiger partial charge in [0.15, 0.2) is 0 Å². The molecule has 0 aliphatic carbocycles. The maximum absolute atomic E-state index is 14.5. The van der Waals surface area contributed by atoms with Crippen LogP contribution in [0.3, 0.4) is 0 Å². The number of amides is 2. The Labute approximate surface area is 194 Å². The first kappa shape index (κ1) is 22.5. The van der Waals surface area contributed by atoms with E-state index in [1.165, 1.54) is 13.2 Å². The van der Waals surface area contributed by atoms with E-state index in [2.05, 4.69) is 5.32 Å². The number of nitrogens with zero attached hydrogens (tertiary/aromatic N) is 1. The van der Waals surface area contributed by atoms with Gasteiger partial charge in [-0.05, 0) is 55.3 Å². The third kappa shape index (κ3) is 4.07. The number of ether oxygens (including phenoxy) is 1. The van der Waals surface area contributed by atoms with Crippen LogP contribution in [0.4, 0.5) is 20.2 Å². The fourth-order valence-corrected chi connectivity index (χ4v) is 4.01. The van der Waals surface area contributed by atoms with Gasteiger partial charge in [0.1, 0.15) is 23.1 Å². The lowest BCUT2D eigenvalue weighted by Gasteiger charge is -2.16. The first-order valence-electron chi connectivity index (χ1n) is 9.97. The molecular formula is C25H19ClF2N2O3. The van der Waals surface area contributed by atoms with Gasteiger partial charge in [0, 0.05) is 11.8 Å². The van der Waals surface area contributed by atoms with Crippen LogP contribution in [0, 0.1) is 25.5 Å². The second-order valence-electron chi connectivity index (χ2n) is 7.58. The molecule has 2 amide bonds. The average molecular weight is 469 g/mol. The van der Waals surface area contributed by atoms with Crippen molar-refractivity contribution in [3.63, 3.8) is 0 Å². The van der Waals surface area contributed by atoms with E-state index < -0.39 is 29.1 Å². The summed E-state index contributed by atoms with van der Waals surface area (Å²) in [5, 5.41) is 3.24. The van der Waals surface area contributed by atoms with Crippen molar-refractivity contribution in [2.45, 2.75) is 13.8 Å². The Morgan fingerprint density at radius 3 is 2.36 bits per heavy atom. The van der Waals surface area contributed by atoms with Gasteiger partial charge < -0.3 is 10.1 Å². The Balaban J connectivity index is 1.87. The third-order valence-electron chi connectivity index (χ3n) is 5.31. The molecule has 0 saturated carbocycles. The molecule has 1 heterocycles. The fraction of sp³-hybridized carbons (Fsp3) is 0.120. The zero-order valence-electron chi connectivity index (χ0n) is 18.0. The predicted octanol–water partition coefficient (Wildman–Crippen LogP) is 5.64. The fourth-order valence-electron chi connectivity index (χ4n) is 3.75. The molecule has 0 bridgehead atoms. The van der Waals surface area contributed by atoms with Gasteiger partial charge in [-0.1, -0.05) is 35.4 Å². The molecule has 0 atom stereocenters. The maximum Gasteiger partial charge on any atom is 0.282 e. The van der Waals surface area contributed by atoms with Crippen LogP contribution in [0.15, 0.2) is 60.3 Å². The number of benzene rings is 3. The smallest absolute Gasteiger partial charge is 0.282 e. The molecule has 0 unspecified atom stereocenters. The van der Waals surface area contributed by atoms with Gasteiger partial charge in [-0.15, -0.1) is 0 Å². The van der Waals surface area contributed by atoms with E-state index in [0.717, 1.165) is 29.3 Å². The van der Waals surface area contributed by atoms with Gasteiger partial charge in [-0.3, -0.25) is 9.59 Å². The van der Waals surface area contributed by atoms with Crippen molar-refractivity contribution in [2.75, 3.05) is 17.3 Å². The first-order chi connectivity index (χ1) is 15.7. The highest BCUT2D eigenvalue weighted by Gasteiger charge is 2.42. The van der Waals surface area contributed by atoms with Crippen molar-refractivity contribution >= 4 is 40.4 Å². The number of rotatable bonds is 5. The molecule has 3 aromatic rings. The molecule has 0 spiro atoms. The normalized spacial score (nSPS) is 13.7. The van der Waals surface area contributed by atoms with Crippen LogP contribution in [-0.4, -0.2) is 18.9 Å². The molecule has 5 nitrogen and oxygen atoms in total. The molecule has 1 N–H and O–H groups in total. The zero-order valence-corrected chi connectivity index (χ0v) is 18.8. The zero-order chi connectivity index (χ0) is 23.9. The average Bonchev–Trinajstić information content (AvgIpc) is 3.00. The van der Waals surface area contributed by atoms with Crippen LogP contribution in [0.2, 0.25) is 5.02 Å². The standard InChI is InChI=1S/C25H19ClF2N2O3/c1-13-4-7-17(14(2)10-13)22-23(29-16-6-9-21(33-3)18(26)12-16)25(32)30(24(22)31)20-11-15(27)5-8-19(20)28/h4-12,29H,1-3H3. The lowest BCUT2D eigenvalue weighted by Crippen LogP contribution is -2.33. The van der Waals surface area contributed by atoms with E-state index in [-0.39, 0.29) is 11.3 Å². The second-order valence-corrected chi connectivity index (χ2v) is 7.99. The molecule has 0 fully saturated rings. The molecule has 0 saturated heterocycles. The summed E-state index contributed by atoms with van der Waals surface area (Å²) in [6, 6.07) is 12.8. The molecule has 1 aliphatic heterocycles. The van der Waals surface area contributed by atoms with E-state index >= 15 is 0 Å². The van der Waals surface area contributed by atoms with Crippen LogP contribution in [0.1, 0.15) is 16.7 Å². The van der Waals surface area contributed by atoms with Crippen molar-refractivity contribution < 1.29 is 23.1 Å².